The number of hydrogen-bond donors (Lipinski definition) is 0. The summed E-state index contributed by atoms with van der Waals surface area (Å²) in [6.07, 6.45) is 5.92. The number of amides is 1. The third kappa shape index (κ3) is 3.65. The van der Waals surface area contributed by atoms with Crippen LogP contribution in [0.15, 0.2) is 28.6 Å². The van der Waals surface area contributed by atoms with E-state index < -0.39 is 0 Å². The molecule has 1 aliphatic rings. The summed E-state index contributed by atoms with van der Waals surface area (Å²) in [5, 5.41) is 2.61. The van der Waals surface area contributed by atoms with Crippen LogP contribution in [0.3, 0.4) is 0 Å². The first-order valence-electron chi connectivity index (χ1n) is 9.73. The van der Waals surface area contributed by atoms with Gasteiger partial charge in [-0.1, -0.05) is 6.92 Å². The van der Waals surface area contributed by atoms with Crippen LogP contribution in [0.2, 0.25) is 0 Å². The Bertz CT molecular complexity index is 1060. The summed E-state index contributed by atoms with van der Waals surface area (Å²) in [4.78, 5) is 35.2. The number of rotatable bonds is 4. The van der Waals surface area contributed by atoms with Gasteiger partial charge in [-0.15, -0.1) is 22.7 Å². The van der Waals surface area contributed by atoms with Crippen LogP contribution in [0, 0.1) is 12.8 Å². The Hall–Kier alpha value is -1.99. The van der Waals surface area contributed by atoms with Gasteiger partial charge in [0.2, 0.25) is 5.91 Å². The summed E-state index contributed by atoms with van der Waals surface area (Å²) >= 11 is 3.14. The Morgan fingerprint density at radius 3 is 2.71 bits per heavy atom. The van der Waals surface area contributed by atoms with Gasteiger partial charge in [-0.2, -0.15) is 0 Å². The molecular formula is C21H25N3O2S2. The van der Waals surface area contributed by atoms with Crippen LogP contribution in [0.4, 0.5) is 0 Å². The predicted molar refractivity (Wildman–Crippen MR) is 116 cm³/mol. The van der Waals surface area contributed by atoms with Crippen molar-refractivity contribution in [2.45, 2.75) is 52.1 Å². The second kappa shape index (κ2) is 7.79. The van der Waals surface area contributed by atoms with Gasteiger partial charge < -0.3 is 4.90 Å². The molecule has 148 valence electrons. The molecule has 0 spiro atoms. The van der Waals surface area contributed by atoms with Crippen LogP contribution in [0.1, 0.15) is 37.5 Å². The fraction of sp³-hybridized carbons (Fsp3) is 0.476. The van der Waals surface area contributed by atoms with Gasteiger partial charge in [0, 0.05) is 33.8 Å². The Balaban J connectivity index is 1.60. The fourth-order valence-electron chi connectivity index (χ4n) is 3.93. The van der Waals surface area contributed by atoms with Gasteiger partial charge in [-0.3, -0.25) is 14.2 Å². The molecule has 1 saturated carbocycles. The minimum absolute atomic E-state index is 0.0217. The quantitative estimate of drug-likeness (QED) is 0.629. The van der Waals surface area contributed by atoms with E-state index in [2.05, 4.69) is 24.9 Å². The zero-order valence-electron chi connectivity index (χ0n) is 16.5. The van der Waals surface area contributed by atoms with Crippen molar-refractivity contribution in [2.75, 3.05) is 7.05 Å². The molecule has 0 saturated heterocycles. The summed E-state index contributed by atoms with van der Waals surface area (Å²) < 4.78 is 1.46. The maximum absolute atomic E-state index is 13.1. The Kier molecular flexibility index (Phi) is 5.38. The largest absolute Gasteiger partial charge is 0.341 e. The molecule has 0 aromatic carbocycles. The van der Waals surface area contributed by atoms with Crippen LogP contribution in [0.5, 0.6) is 0 Å². The Labute approximate surface area is 172 Å². The van der Waals surface area contributed by atoms with E-state index in [1.165, 1.54) is 27.1 Å². The second-order valence-electron chi connectivity index (χ2n) is 7.84. The molecular weight excluding hydrogens is 390 g/mol. The van der Waals surface area contributed by atoms with E-state index >= 15 is 0 Å². The van der Waals surface area contributed by atoms with Crippen molar-refractivity contribution in [3.05, 3.63) is 39.1 Å². The van der Waals surface area contributed by atoms with Gasteiger partial charge in [0.15, 0.2) is 0 Å². The summed E-state index contributed by atoms with van der Waals surface area (Å²) in [7, 11) is 1.87. The highest BCUT2D eigenvalue weighted by molar-refractivity contribution is 7.19. The fourth-order valence-corrected chi connectivity index (χ4v) is 5.79. The normalized spacial score (nSPS) is 19.8. The molecule has 0 unspecified atom stereocenters. The number of hydrogen-bond acceptors (Lipinski definition) is 5. The predicted octanol–water partition coefficient (Wildman–Crippen LogP) is 4.53. The van der Waals surface area contributed by atoms with Gasteiger partial charge >= 0.3 is 0 Å². The van der Waals surface area contributed by atoms with Crippen molar-refractivity contribution < 1.29 is 4.79 Å². The van der Waals surface area contributed by atoms with Crippen LogP contribution in [-0.2, 0) is 11.3 Å². The Morgan fingerprint density at radius 1 is 1.29 bits per heavy atom. The minimum Gasteiger partial charge on any atom is -0.341 e. The molecule has 0 N–H and O–H groups in total. The molecule has 1 amide bonds. The smallest absolute Gasteiger partial charge is 0.263 e. The van der Waals surface area contributed by atoms with E-state index in [9.17, 15) is 9.59 Å². The van der Waals surface area contributed by atoms with Crippen molar-refractivity contribution in [3.63, 3.8) is 0 Å². The van der Waals surface area contributed by atoms with Crippen LogP contribution in [-0.4, -0.2) is 33.4 Å². The zero-order chi connectivity index (χ0) is 19.8. The molecule has 3 heterocycles. The molecule has 1 fully saturated rings. The minimum atomic E-state index is -0.133. The third-order valence-electron chi connectivity index (χ3n) is 5.80. The number of thiophene rings is 2. The van der Waals surface area contributed by atoms with Crippen molar-refractivity contribution in [2.24, 2.45) is 5.92 Å². The molecule has 28 heavy (non-hydrogen) atoms. The van der Waals surface area contributed by atoms with Crippen molar-refractivity contribution in [1.82, 2.24) is 14.5 Å². The maximum Gasteiger partial charge on any atom is 0.263 e. The number of likely N-dealkylation sites (N-methyl/N-ethyl adjacent to an activating group) is 1. The SMILES string of the molecule is Cc1ccc(-c2csc3ncn(CC(=O)N(C)C4CCC(C)CC4)c(=O)c23)s1. The molecule has 0 bridgehead atoms. The summed E-state index contributed by atoms with van der Waals surface area (Å²) in [6.45, 7) is 4.37. The van der Waals surface area contributed by atoms with Crippen molar-refractivity contribution >= 4 is 38.8 Å². The lowest BCUT2D eigenvalue weighted by Crippen LogP contribution is -2.42. The molecule has 3 aromatic rings. The zero-order valence-corrected chi connectivity index (χ0v) is 18.1. The molecule has 0 radical (unpaired) electrons. The van der Waals surface area contributed by atoms with Crippen LogP contribution < -0.4 is 5.56 Å². The molecule has 1 aliphatic carbocycles. The number of carbonyl (C=O) groups excluding carboxylic acids is 1. The van der Waals surface area contributed by atoms with E-state index in [1.807, 2.05) is 23.4 Å². The number of carbonyl (C=O) groups is 1. The highest BCUT2D eigenvalue weighted by atomic mass is 32.1. The van der Waals surface area contributed by atoms with Crippen molar-refractivity contribution in [1.29, 1.82) is 0 Å². The summed E-state index contributed by atoms with van der Waals surface area (Å²) in [5.41, 5.74) is 0.790. The monoisotopic (exact) mass is 415 g/mol. The van der Waals surface area contributed by atoms with Gasteiger partial charge in [-0.25, -0.2) is 4.98 Å². The molecule has 5 nitrogen and oxygen atoms in total. The number of nitrogens with zero attached hydrogens (tertiary/aromatic N) is 3. The van der Waals surface area contributed by atoms with Gasteiger partial charge in [0.25, 0.3) is 5.56 Å². The molecule has 4 rings (SSSR count). The van der Waals surface area contributed by atoms with E-state index in [0.717, 1.165) is 46.9 Å². The summed E-state index contributed by atoms with van der Waals surface area (Å²) in [6, 6.07) is 4.38. The third-order valence-corrected chi connectivity index (χ3v) is 7.72. The second-order valence-corrected chi connectivity index (χ2v) is 9.98. The lowest BCUT2D eigenvalue weighted by Gasteiger charge is -2.33. The standard InChI is InChI=1S/C21H25N3O2S2/c1-13-4-7-15(8-5-13)23(3)18(25)10-24-12-22-20-19(21(24)26)16(11-27-20)17-9-6-14(2)28-17/h6,9,11-13,15H,4-5,7-8,10H2,1-3H3. The number of fused-ring (bicyclic) bond motifs is 1. The molecule has 3 aromatic heterocycles. The highest BCUT2D eigenvalue weighted by Crippen LogP contribution is 2.35. The van der Waals surface area contributed by atoms with E-state index in [4.69, 9.17) is 0 Å². The summed E-state index contributed by atoms with van der Waals surface area (Å²) in [5.74, 6) is 0.721. The first-order chi connectivity index (χ1) is 13.4. The highest BCUT2D eigenvalue weighted by Gasteiger charge is 2.25. The average Bonchev–Trinajstić information content (AvgIpc) is 3.30. The molecule has 0 atom stereocenters. The molecule has 7 heteroatoms. The average molecular weight is 416 g/mol. The Morgan fingerprint density at radius 2 is 2.04 bits per heavy atom. The van der Waals surface area contributed by atoms with E-state index in [1.54, 1.807) is 11.3 Å². The van der Waals surface area contributed by atoms with E-state index in [0.29, 0.717) is 5.39 Å². The van der Waals surface area contributed by atoms with Crippen LogP contribution in [0.25, 0.3) is 20.7 Å². The first-order valence-corrected chi connectivity index (χ1v) is 11.4. The number of aromatic nitrogens is 2. The van der Waals surface area contributed by atoms with Gasteiger partial charge in [0.1, 0.15) is 11.4 Å². The van der Waals surface area contributed by atoms with Gasteiger partial charge in [-0.05, 0) is 50.7 Å². The lowest BCUT2D eigenvalue weighted by molar-refractivity contribution is -0.133. The topological polar surface area (TPSA) is 55.2 Å². The lowest BCUT2D eigenvalue weighted by atomic mass is 9.87. The van der Waals surface area contributed by atoms with E-state index in [-0.39, 0.29) is 24.1 Å². The van der Waals surface area contributed by atoms with Crippen LogP contribution >= 0.6 is 22.7 Å². The number of aryl methyl sites for hydroxylation is 1. The molecule has 0 aliphatic heterocycles. The van der Waals surface area contributed by atoms with Gasteiger partial charge in [0.05, 0.1) is 11.7 Å². The maximum atomic E-state index is 13.1. The van der Waals surface area contributed by atoms with Crippen molar-refractivity contribution in [3.8, 4) is 10.4 Å². The first kappa shape index (κ1) is 19.3.